The van der Waals surface area contributed by atoms with E-state index in [0.29, 0.717) is 22.6 Å². The Bertz CT molecular complexity index is 914. The number of benzene rings is 3. The molecule has 3 aromatic carbocycles. The van der Waals surface area contributed by atoms with Crippen molar-refractivity contribution in [1.29, 1.82) is 0 Å². The first-order valence-electron chi connectivity index (χ1n) is 8.24. The molecule has 0 bridgehead atoms. The van der Waals surface area contributed by atoms with E-state index in [2.05, 4.69) is 0 Å². The summed E-state index contributed by atoms with van der Waals surface area (Å²) in [5.74, 6) is -0.122. The van der Waals surface area contributed by atoms with E-state index >= 15 is 0 Å². The smallest absolute Gasteiger partial charge is 0.356 e. The summed E-state index contributed by atoms with van der Waals surface area (Å²) in [6.45, 7) is -0.101. The molecule has 3 aromatic rings. The van der Waals surface area contributed by atoms with Crippen LogP contribution in [0.1, 0.15) is 15.9 Å². The maximum Gasteiger partial charge on any atom is 0.356 e. The Kier molecular flexibility index (Phi) is 4.16. The number of anilines is 1. The average Bonchev–Trinajstić information content (AvgIpc) is 2.71. The van der Waals surface area contributed by atoms with Crippen LogP contribution in [-0.2, 0) is 10.5 Å². The number of hydrogen-bond donors (Lipinski definition) is 0. The Morgan fingerprint density at radius 3 is 2.27 bits per heavy atom. The van der Waals surface area contributed by atoms with Crippen LogP contribution < -0.4 is 9.80 Å². The van der Waals surface area contributed by atoms with Crippen LogP contribution in [0, 0.1) is 5.21 Å². The van der Waals surface area contributed by atoms with Gasteiger partial charge in [0.2, 0.25) is 5.69 Å². The highest BCUT2D eigenvalue weighted by atomic mass is 16.7. The van der Waals surface area contributed by atoms with Crippen molar-refractivity contribution in [3.8, 4) is 5.75 Å². The van der Waals surface area contributed by atoms with E-state index in [0.717, 1.165) is 5.06 Å². The van der Waals surface area contributed by atoms with Crippen molar-refractivity contribution >= 4 is 11.7 Å². The summed E-state index contributed by atoms with van der Waals surface area (Å²) < 4.78 is 11.6. The second-order valence-corrected chi connectivity index (χ2v) is 5.96. The van der Waals surface area contributed by atoms with E-state index in [1.165, 1.54) is 0 Å². The zero-order chi connectivity index (χ0) is 18.0. The van der Waals surface area contributed by atoms with Gasteiger partial charge in [-0.05, 0) is 30.3 Å². The number of nitrogens with zero attached hydrogens (tertiary/aromatic N) is 1. The molecule has 0 fully saturated rings. The van der Waals surface area contributed by atoms with Crippen molar-refractivity contribution in [1.82, 2.24) is 5.06 Å². The highest BCUT2D eigenvalue weighted by Crippen LogP contribution is 2.43. The van der Waals surface area contributed by atoms with Crippen molar-refractivity contribution in [3.63, 3.8) is 0 Å². The lowest BCUT2D eigenvalue weighted by atomic mass is 10.0. The highest BCUT2D eigenvalue weighted by molar-refractivity contribution is 5.89. The molecule has 26 heavy (non-hydrogen) atoms. The van der Waals surface area contributed by atoms with Gasteiger partial charge in [-0.1, -0.05) is 48.5 Å². The minimum Gasteiger partial charge on any atom is -0.572 e. The van der Waals surface area contributed by atoms with Crippen LogP contribution in [0.3, 0.4) is 0 Å². The predicted octanol–water partition coefficient (Wildman–Crippen LogP) is 4.06. The van der Waals surface area contributed by atoms with Crippen LogP contribution in [0.25, 0.3) is 0 Å². The van der Waals surface area contributed by atoms with Gasteiger partial charge in [-0.15, -0.1) is 5.06 Å². The fourth-order valence-corrected chi connectivity index (χ4v) is 2.99. The van der Waals surface area contributed by atoms with E-state index in [1.807, 2.05) is 12.1 Å². The molecule has 1 aliphatic rings. The minimum absolute atomic E-state index is 0.101. The fraction of sp³-hybridized carbons (Fsp3) is 0.0952. The molecule has 0 N–H and O–H groups in total. The van der Waals surface area contributed by atoms with Crippen molar-refractivity contribution < 1.29 is 14.3 Å². The largest absolute Gasteiger partial charge is 0.572 e. The molecule has 4 rings (SSSR count). The number of para-hydroxylation sites is 2. The molecule has 129 valence electrons. The number of hydrogen-bond acceptors (Lipinski definition) is 5. The number of esters is 1. The van der Waals surface area contributed by atoms with Gasteiger partial charge in [-0.25, -0.2) is 4.79 Å². The lowest BCUT2D eigenvalue weighted by Gasteiger charge is -2.39. The lowest BCUT2D eigenvalue weighted by molar-refractivity contribution is -0.0877. The topological polar surface area (TPSA) is 64.5 Å². The molecule has 1 heterocycles. The number of fused-ring (bicyclic) bond motifs is 1. The van der Waals surface area contributed by atoms with Gasteiger partial charge in [0.05, 0.1) is 11.1 Å². The third kappa shape index (κ3) is 2.73. The number of carbonyl (C=O) groups excluding carboxylic acids is 1. The maximum atomic E-state index is 13.3. The predicted molar refractivity (Wildman–Crippen MR) is 97.1 cm³/mol. The second-order valence-electron chi connectivity index (χ2n) is 5.96. The van der Waals surface area contributed by atoms with E-state index in [1.54, 1.807) is 72.8 Å². The van der Waals surface area contributed by atoms with E-state index in [9.17, 15) is 10.0 Å². The second kappa shape index (κ2) is 6.63. The average molecular weight is 346 g/mol. The zero-order valence-electron chi connectivity index (χ0n) is 13.9. The van der Waals surface area contributed by atoms with Gasteiger partial charge in [-0.3, -0.25) is 0 Å². The fourth-order valence-electron chi connectivity index (χ4n) is 2.99. The molecular weight excluding hydrogens is 330 g/mol. The Labute approximate surface area is 151 Å². The molecule has 1 aliphatic heterocycles. The molecule has 1 atom stereocenters. The van der Waals surface area contributed by atoms with Gasteiger partial charge in [-0.2, -0.15) is 0 Å². The normalized spacial score (nSPS) is 19.3. The van der Waals surface area contributed by atoms with Crippen molar-refractivity contribution in [2.45, 2.75) is 5.72 Å². The first-order chi connectivity index (χ1) is 12.7. The van der Waals surface area contributed by atoms with Crippen LogP contribution in [0.15, 0.2) is 84.9 Å². The van der Waals surface area contributed by atoms with Gasteiger partial charge >= 0.3 is 11.7 Å². The maximum absolute atomic E-state index is 13.3. The van der Waals surface area contributed by atoms with Gasteiger partial charge in [0, 0.05) is 6.07 Å². The summed E-state index contributed by atoms with van der Waals surface area (Å²) >= 11 is 0. The summed E-state index contributed by atoms with van der Waals surface area (Å²) in [5, 5.41) is 14.0. The summed E-state index contributed by atoms with van der Waals surface area (Å²) in [5.41, 5.74) is -0.352. The van der Waals surface area contributed by atoms with E-state index < -0.39 is 11.7 Å². The summed E-state index contributed by atoms with van der Waals surface area (Å²) in [6, 6.07) is 24.4. The molecule has 1 unspecified atom stereocenters. The van der Waals surface area contributed by atoms with Crippen LogP contribution in [0.4, 0.5) is 5.69 Å². The molecular formula is C21H16NO4. The summed E-state index contributed by atoms with van der Waals surface area (Å²) in [4.78, 5) is 12.7. The Balaban J connectivity index is 1.78. The Morgan fingerprint density at radius 2 is 1.54 bits per heavy atom. The highest BCUT2D eigenvalue weighted by Gasteiger charge is 2.53. The monoisotopic (exact) mass is 346 g/mol. The molecule has 5 heteroatoms. The van der Waals surface area contributed by atoms with Gasteiger partial charge in [0.25, 0.3) is 0 Å². The van der Waals surface area contributed by atoms with Crippen LogP contribution in [0.5, 0.6) is 5.75 Å². The number of rotatable bonds is 3. The van der Waals surface area contributed by atoms with Crippen molar-refractivity contribution in [2.24, 2.45) is 0 Å². The quantitative estimate of drug-likeness (QED) is 0.408. The third-order valence-electron chi connectivity index (χ3n) is 4.33. The first kappa shape index (κ1) is 16.3. The van der Waals surface area contributed by atoms with Crippen LogP contribution >= 0.6 is 0 Å². The van der Waals surface area contributed by atoms with Gasteiger partial charge < -0.3 is 14.7 Å². The number of ether oxygens (including phenoxy) is 2. The van der Waals surface area contributed by atoms with Crippen molar-refractivity contribution in [3.05, 3.63) is 101 Å². The van der Waals surface area contributed by atoms with Crippen molar-refractivity contribution in [2.75, 3.05) is 6.61 Å². The SMILES string of the molecule is O=C(OC1(c2ccccc2)COc2ccccc2[N+]1[O-])c1ccccc1. The zero-order valence-corrected chi connectivity index (χ0v) is 13.9. The first-order valence-corrected chi connectivity index (χ1v) is 8.24. The third-order valence-corrected chi connectivity index (χ3v) is 4.33. The summed E-state index contributed by atoms with van der Waals surface area (Å²) in [6.07, 6.45) is 0. The standard InChI is InChI=1S/C21H16NO4/c23-20(16-9-3-1-4-10-16)26-21(17-11-5-2-6-12-17)15-25-19-14-8-7-13-18(19)22(21)24/h1-14H,15H2. The number of carbonyl (C=O) groups is 1. The Morgan fingerprint density at radius 1 is 0.923 bits per heavy atom. The van der Waals surface area contributed by atoms with Gasteiger partial charge in [0.1, 0.15) is 0 Å². The molecule has 5 nitrogen and oxygen atoms in total. The van der Waals surface area contributed by atoms with E-state index in [-0.39, 0.29) is 6.61 Å². The van der Waals surface area contributed by atoms with E-state index in [4.69, 9.17) is 9.47 Å². The summed E-state index contributed by atoms with van der Waals surface area (Å²) in [7, 11) is 0. The van der Waals surface area contributed by atoms with Crippen LogP contribution in [0.2, 0.25) is 0 Å². The molecule has 0 aromatic heterocycles. The molecule has 0 aliphatic carbocycles. The molecule has 1 radical (unpaired) electrons. The lowest BCUT2D eigenvalue weighted by Crippen LogP contribution is -2.54. The number of hydroxylamine groups is 1. The van der Waals surface area contributed by atoms with Gasteiger partial charge in [0.15, 0.2) is 12.4 Å². The molecule has 0 amide bonds. The molecule has 0 spiro atoms. The molecule has 0 saturated heterocycles. The van der Waals surface area contributed by atoms with Crippen LogP contribution in [-0.4, -0.2) is 12.6 Å². The Hall–Kier alpha value is -3.15. The minimum atomic E-state index is -1.59. The molecule has 0 saturated carbocycles.